The molecule has 3 nitrogen and oxygen atoms in total. The summed E-state index contributed by atoms with van der Waals surface area (Å²) in [5, 5.41) is 0. The van der Waals surface area contributed by atoms with Crippen molar-refractivity contribution in [3.05, 3.63) is 210 Å². The summed E-state index contributed by atoms with van der Waals surface area (Å²) in [7, 11) is 0. The van der Waals surface area contributed by atoms with Crippen LogP contribution in [-0.2, 0) is 5.41 Å². The van der Waals surface area contributed by atoms with Crippen molar-refractivity contribution in [2.24, 2.45) is 0 Å². The molecule has 0 radical (unpaired) electrons. The van der Waals surface area contributed by atoms with Crippen molar-refractivity contribution in [2.75, 3.05) is 5.73 Å². The van der Waals surface area contributed by atoms with Gasteiger partial charge in [-0.05, 0) is 116 Å². The quantitative estimate of drug-likeness (QED) is 0.185. The van der Waals surface area contributed by atoms with E-state index < -0.39 is 5.41 Å². The lowest BCUT2D eigenvalue weighted by Gasteiger charge is -2.40. The third-order valence-electron chi connectivity index (χ3n) is 11.2. The van der Waals surface area contributed by atoms with Crippen LogP contribution in [0, 0.1) is 0 Å². The molecule has 1 spiro atoms. The van der Waals surface area contributed by atoms with E-state index in [-0.39, 0.29) is 0 Å². The van der Waals surface area contributed by atoms with Gasteiger partial charge in [0.25, 0.3) is 0 Å². The van der Waals surface area contributed by atoms with Crippen molar-refractivity contribution < 1.29 is 0 Å². The molecule has 8 aromatic carbocycles. The molecule has 0 fully saturated rings. The zero-order valence-electron chi connectivity index (χ0n) is 29.3. The van der Waals surface area contributed by atoms with E-state index in [4.69, 9.17) is 10.7 Å². The van der Waals surface area contributed by atoms with Gasteiger partial charge in [-0.15, -0.1) is 0 Å². The average molecular weight is 708 g/mol. The SMILES string of the molecule is Nc1ccc(-c2ccc3c(c2)C2(c4cc(-c5ccc(-c6nc7ccccc7n6-c6ccccc6)cc5)ccc4S3)c3ccccc3-c3ccccc32)cc1. The fourth-order valence-corrected chi connectivity index (χ4v) is 9.96. The Bertz CT molecular complexity index is 2860. The first kappa shape index (κ1) is 31.0. The van der Waals surface area contributed by atoms with E-state index in [1.807, 2.05) is 23.9 Å². The maximum Gasteiger partial charge on any atom is 0.145 e. The predicted octanol–water partition coefficient (Wildman–Crippen LogP) is 12.4. The standard InChI is InChI=1S/C50H33N3S/c51-37-26-22-33(23-27-37)36-25-29-48-44(31-36)50(41-14-6-4-12-39(41)40-13-5-7-15-42(40)50)43-30-35(24-28-47(43)54-48)32-18-20-34(21-19-32)49-52-45-16-8-9-17-46(45)53(49)38-10-2-1-3-11-38/h1-31H,51H2. The molecule has 0 saturated carbocycles. The molecule has 54 heavy (non-hydrogen) atoms. The van der Waals surface area contributed by atoms with Gasteiger partial charge in [0.1, 0.15) is 5.82 Å². The number of hydrogen-bond acceptors (Lipinski definition) is 3. The normalized spacial score (nSPS) is 13.3. The Morgan fingerprint density at radius 3 is 1.57 bits per heavy atom. The zero-order chi connectivity index (χ0) is 35.8. The Morgan fingerprint density at radius 1 is 0.444 bits per heavy atom. The van der Waals surface area contributed by atoms with Crippen molar-refractivity contribution in [1.29, 1.82) is 0 Å². The third kappa shape index (κ3) is 4.54. The second-order valence-electron chi connectivity index (χ2n) is 14.2. The van der Waals surface area contributed by atoms with Gasteiger partial charge in [0.05, 0.1) is 16.4 Å². The minimum absolute atomic E-state index is 0.483. The fraction of sp³-hybridized carbons (Fsp3) is 0.0200. The van der Waals surface area contributed by atoms with E-state index in [1.54, 1.807) is 0 Å². The summed E-state index contributed by atoms with van der Waals surface area (Å²) in [6.07, 6.45) is 0. The molecular formula is C50H33N3S. The lowest BCUT2D eigenvalue weighted by atomic mass is 9.66. The van der Waals surface area contributed by atoms with Crippen LogP contribution in [0.5, 0.6) is 0 Å². The van der Waals surface area contributed by atoms with Crippen LogP contribution in [-0.4, -0.2) is 9.55 Å². The molecule has 0 unspecified atom stereocenters. The second-order valence-corrected chi connectivity index (χ2v) is 15.2. The first-order valence-corrected chi connectivity index (χ1v) is 19.1. The minimum atomic E-state index is -0.483. The van der Waals surface area contributed by atoms with Gasteiger partial charge < -0.3 is 5.73 Å². The molecule has 2 heterocycles. The number of para-hydroxylation sites is 3. The Hall–Kier alpha value is -6.62. The molecule has 4 heteroatoms. The Labute approximate surface area is 318 Å². The lowest BCUT2D eigenvalue weighted by molar-refractivity contribution is 0.723. The topological polar surface area (TPSA) is 43.8 Å². The maximum absolute atomic E-state index is 6.11. The first-order chi connectivity index (χ1) is 26.7. The number of nitrogens with two attached hydrogens (primary N) is 1. The predicted molar refractivity (Wildman–Crippen MR) is 223 cm³/mol. The Kier molecular flexibility index (Phi) is 6.85. The van der Waals surface area contributed by atoms with Crippen LogP contribution >= 0.6 is 11.8 Å². The molecule has 0 bridgehead atoms. The molecule has 9 aromatic rings. The summed E-state index contributed by atoms with van der Waals surface area (Å²) >= 11 is 1.87. The Balaban J connectivity index is 1.09. The lowest BCUT2D eigenvalue weighted by Crippen LogP contribution is -2.32. The summed E-state index contributed by atoms with van der Waals surface area (Å²) in [6.45, 7) is 0. The molecule has 1 aliphatic heterocycles. The number of imidazole rings is 1. The van der Waals surface area contributed by atoms with Gasteiger partial charge in [0, 0.05) is 26.7 Å². The van der Waals surface area contributed by atoms with E-state index in [2.05, 4.69) is 180 Å². The number of benzene rings is 8. The number of hydrogen-bond donors (Lipinski definition) is 1. The van der Waals surface area contributed by atoms with E-state index in [0.717, 1.165) is 39.4 Å². The highest BCUT2D eigenvalue weighted by molar-refractivity contribution is 7.99. The Morgan fingerprint density at radius 2 is 0.944 bits per heavy atom. The molecule has 1 aromatic heterocycles. The average Bonchev–Trinajstić information content (AvgIpc) is 3.76. The summed E-state index contributed by atoms with van der Waals surface area (Å²) in [5.41, 5.74) is 23.2. The summed E-state index contributed by atoms with van der Waals surface area (Å²) in [5.74, 6) is 0.933. The van der Waals surface area contributed by atoms with Gasteiger partial charge >= 0.3 is 0 Å². The van der Waals surface area contributed by atoms with Crippen LogP contribution < -0.4 is 5.73 Å². The van der Waals surface area contributed by atoms with Gasteiger partial charge in [-0.25, -0.2) is 4.98 Å². The van der Waals surface area contributed by atoms with Crippen molar-refractivity contribution >= 4 is 28.5 Å². The molecule has 0 atom stereocenters. The number of nitrogen functional groups attached to an aromatic ring is 1. The van der Waals surface area contributed by atoms with E-state index in [1.165, 1.54) is 59.9 Å². The van der Waals surface area contributed by atoms with Gasteiger partial charge in [0.2, 0.25) is 0 Å². The monoisotopic (exact) mass is 707 g/mol. The van der Waals surface area contributed by atoms with Crippen LogP contribution in [0.3, 0.4) is 0 Å². The molecule has 0 amide bonds. The number of aromatic nitrogens is 2. The van der Waals surface area contributed by atoms with Gasteiger partial charge in [0.15, 0.2) is 0 Å². The number of nitrogens with zero attached hydrogens (tertiary/aromatic N) is 2. The van der Waals surface area contributed by atoms with Crippen LogP contribution in [0.4, 0.5) is 5.69 Å². The van der Waals surface area contributed by atoms with Gasteiger partial charge in [-0.3, -0.25) is 4.57 Å². The molecule has 1 aliphatic carbocycles. The maximum atomic E-state index is 6.11. The zero-order valence-corrected chi connectivity index (χ0v) is 30.1. The number of fused-ring (bicyclic) bond motifs is 10. The number of rotatable bonds is 4. The molecule has 2 aliphatic rings. The third-order valence-corrected chi connectivity index (χ3v) is 12.4. The van der Waals surface area contributed by atoms with Crippen LogP contribution in [0.2, 0.25) is 0 Å². The highest BCUT2D eigenvalue weighted by atomic mass is 32.2. The first-order valence-electron chi connectivity index (χ1n) is 18.3. The smallest absolute Gasteiger partial charge is 0.145 e. The highest BCUT2D eigenvalue weighted by Crippen LogP contribution is 2.62. The highest BCUT2D eigenvalue weighted by Gasteiger charge is 2.50. The second kappa shape index (κ2) is 12.0. The van der Waals surface area contributed by atoms with Crippen LogP contribution in [0.1, 0.15) is 22.3 Å². The molecule has 254 valence electrons. The molecule has 0 saturated heterocycles. The molecule has 2 N–H and O–H groups in total. The van der Waals surface area contributed by atoms with Gasteiger partial charge in [-0.2, -0.15) is 0 Å². The molecular weight excluding hydrogens is 675 g/mol. The van der Waals surface area contributed by atoms with Gasteiger partial charge in [-0.1, -0.05) is 139 Å². The van der Waals surface area contributed by atoms with Crippen molar-refractivity contribution in [2.45, 2.75) is 15.2 Å². The number of anilines is 1. The van der Waals surface area contributed by atoms with E-state index in [0.29, 0.717) is 0 Å². The van der Waals surface area contributed by atoms with Crippen molar-refractivity contribution in [3.8, 4) is 50.5 Å². The van der Waals surface area contributed by atoms with Crippen LogP contribution in [0.15, 0.2) is 198 Å². The van der Waals surface area contributed by atoms with Crippen molar-refractivity contribution in [3.63, 3.8) is 0 Å². The summed E-state index contributed by atoms with van der Waals surface area (Å²) in [6, 6.07) is 68.1. The fourth-order valence-electron chi connectivity index (χ4n) is 8.81. The summed E-state index contributed by atoms with van der Waals surface area (Å²) in [4.78, 5) is 7.69. The largest absolute Gasteiger partial charge is 0.399 e. The minimum Gasteiger partial charge on any atom is -0.399 e. The summed E-state index contributed by atoms with van der Waals surface area (Å²) < 4.78 is 2.26. The van der Waals surface area contributed by atoms with Crippen LogP contribution in [0.25, 0.3) is 61.5 Å². The van der Waals surface area contributed by atoms with E-state index >= 15 is 0 Å². The molecule has 11 rings (SSSR count). The van der Waals surface area contributed by atoms with E-state index in [9.17, 15) is 0 Å². The van der Waals surface area contributed by atoms with Crippen molar-refractivity contribution in [1.82, 2.24) is 9.55 Å².